The zero-order valence-electron chi connectivity index (χ0n) is 20.1. The summed E-state index contributed by atoms with van der Waals surface area (Å²) in [4.78, 5) is 52.7. The van der Waals surface area contributed by atoms with Crippen molar-refractivity contribution in [2.45, 2.75) is 19.8 Å². The Hall–Kier alpha value is -3.79. The quantitative estimate of drug-likeness (QED) is 0.541. The van der Waals surface area contributed by atoms with E-state index >= 15 is 0 Å². The molecule has 10 heteroatoms. The normalized spacial score (nSPS) is 16.6. The van der Waals surface area contributed by atoms with Crippen molar-refractivity contribution in [1.82, 2.24) is 9.80 Å². The number of thioether (sulfide) groups is 1. The molecule has 188 valence electrons. The second kappa shape index (κ2) is 11.3. The molecule has 2 aliphatic rings. The lowest BCUT2D eigenvalue weighted by atomic mass is 10.2. The minimum absolute atomic E-state index is 0.215. The van der Waals surface area contributed by atoms with Gasteiger partial charge in [0.2, 0.25) is 5.91 Å². The van der Waals surface area contributed by atoms with Gasteiger partial charge in [-0.05, 0) is 73.0 Å². The van der Waals surface area contributed by atoms with Crippen LogP contribution in [0.4, 0.5) is 10.5 Å². The number of benzene rings is 2. The maximum Gasteiger partial charge on any atom is 0.294 e. The van der Waals surface area contributed by atoms with Crippen LogP contribution in [0.25, 0.3) is 6.08 Å². The number of imide groups is 1. The van der Waals surface area contributed by atoms with E-state index in [0.29, 0.717) is 35.8 Å². The number of nitrogens with zero attached hydrogens (tertiary/aromatic N) is 2. The summed E-state index contributed by atoms with van der Waals surface area (Å²) < 4.78 is 11.0. The summed E-state index contributed by atoms with van der Waals surface area (Å²) in [6, 6.07) is 12.4. The first-order valence-electron chi connectivity index (χ1n) is 11.5. The van der Waals surface area contributed by atoms with Gasteiger partial charge in [-0.15, -0.1) is 0 Å². The molecule has 2 aromatic carbocycles. The Balaban J connectivity index is 1.39. The Bertz CT molecular complexity index is 1220. The highest BCUT2D eigenvalue weighted by Crippen LogP contribution is 2.34. The van der Waals surface area contributed by atoms with Crippen LogP contribution in [0.2, 0.25) is 0 Å². The van der Waals surface area contributed by atoms with Gasteiger partial charge in [-0.2, -0.15) is 0 Å². The van der Waals surface area contributed by atoms with Gasteiger partial charge in [0, 0.05) is 18.8 Å². The summed E-state index contributed by atoms with van der Waals surface area (Å²) in [5.74, 6) is -0.298. The number of nitrogens with one attached hydrogen (secondary N) is 1. The minimum atomic E-state index is -0.496. The van der Waals surface area contributed by atoms with Gasteiger partial charge in [0.15, 0.2) is 18.1 Å². The van der Waals surface area contributed by atoms with Gasteiger partial charge >= 0.3 is 0 Å². The van der Waals surface area contributed by atoms with E-state index in [2.05, 4.69) is 5.32 Å². The van der Waals surface area contributed by atoms with Crippen molar-refractivity contribution in [1.29, 1.82) is 0 Å². The third kappa shape index (κ3) is 6.06. The SMILES string of the molecule is COc1cc(/C=C2\SC(=O)N(CC(=O)N3CCCC3)C2=O)ccc1OCC(=O)Nc1cccc(C)c1. The minimum Gasteiger partial charge on any atom is -0.493 e. The second-order valence-corrected chi connectivity index (χ2v) is 9.47. The molecule has 0 atom stereocenters. The topological polar surface area (TPSA) is 105 Å². The van der Waals surface area contributed by atoms with Crippen molar-refractivity contribution >= 4 is 46.5 Å². The van der Waals surface area contributed by atoms with Crippen LogP contribution in [-0.2, 0) is 14.4 Å². The van der Waals surface area contributed by atoms with Crippen molar-refractivity contribution in [3.63, 3.8) is 0 Å². The molecule has 4 rings (SSSR count). The van der Waals surface area contributed by atoms with Crippen molar-refractivity contribution < 1.29 is 28.7 Å². The van der Waals surface area contributed by atoms with Crippen molar-refractivity contribution in [2.24, 2.45) is 0 Å². The van der Waals surface area contributed by atoms with Gasteiger partial charge in [-0.25, -0.2) is 0 Å². The highest BCUT2D eigenvalue weighted by Gasteiger charge is 2.37. The molecule has 36 heavy (non-hydrogen) atoms. The van der Waals surface area contributed by atoms with Crippen molar-refractivity contribution in [3.05, 3.63) is 58.5 Å². The van der Waals surface area contributed by atoms with Crippen LogP contribution in [0.1, 0.15) is 24.0 Å². The van der Waals surface area contributed by atoms with Crippen LogP contribution in [0.3, 0.4) is 0 Å². The first kappa shape index (κ1) is 25.3. The maximum absolute atomic E-state index is 12.8. The summed E-state index contributed by atoms with van der Waals surface area (Å²) in [6.45, 7) is 2.79. The number of anilines is 1. The van der Waals surface area contributed by atoms with E-state index in [-0.39, 0.29) is 29.9 Å². The van der Waals surface area contributed by atoms with Gasteiger partial charge < -0.3 is 19.7 Å². The molecule has 0 unspecified atom stereocenters. The molecule has 0 aromatic heterocycles. The molecule has 1 N–H and O–H groups in total. The van der Waals surface area contributed by atoms with Crippen LogP contribution in [0.15, 0.2) is 47.4 Å². The van der Waals surface area contributed by atoms with Gasteiger partial charge in [0.05, 0.1) is 12.0 Å². The Kier molecular flexibility index (Phi) is 7.94. The Morgan fingerprint density at radius 3 is 2.58 bits per heavy atom. The molecular weight excluding hydrogens is 482 g/mol. The first-order chi connectivity index (χ1) is 17.3. The average molecular weight is 510 g/mol. The standard InChI is InChI=1S/C26H27N3O6S/c1-17-6-5-7-19(12-17)27-23(30)16-35-20-9-8-18(13-21(20)34-2)14-22-25(32)29(26(33)36-22)15-24(31)28-10-3-4-11-28/h5-9,12-14H,3-4,10-11,15-16H2,1-2H3,(H,27,30)/b22-14-. The smallest absolute Gasteiger partial charge is 0.294 e. The number of carbonyl (C=O) groups is 4. The molecule has 0 bridgehead atoms. The van der Waals surface area contributed by atoms with Crippen molar-refractivity contribution in [3.8, 4) is 11.5 Å². The zero-order valence-corrected chi connectivity index (χ0v) is 20.9. The van der Waals surface area contributed by atoms with Crippen LogP contribution < -0.4 is 14.8 Å². The van der Waals surface area contributed by atoms with E-state index < -0.39 is 11.1 Å². The van der Waals surface area contributed by atoms with Gasteiger partial charge in [0.25, 0.3) is 17.1 Å². The van der Waals surface area contributed by atoms with E-state index in [9.17, 15) is 19.2 Å². The fraction of sp³-hybridized carbons (Fsp3) is 0.308. The second-order valence-electron chi connectivity index (χ2n) is 8.47. The number of carbonyl (C=O) groups excluding carboxylic acids is 4. The molecule has 9 nitrogen and oxygen atoms in total. The third-order valence-electron chi connectivity index (χ3n) is 5.77. The van der Waals surface area contributed by atoms with E-state index in [1.165, 1.54) is 7.11 Å². The molecule has 2 aliphatic heterocycles. The van der Waals surface area contributed by atoms with Crippen molar-refractivity contribution in [2.75, 3.05) is 38.7 Å². The number of methoxy groups -OCH3 is 1. The number of hydrogen-bond donors (Lipinski definition) is 1. The lowest BCUT2D eigenvalue weighted by Crippen LogP contribution is -2.40. The van der Waals surface area contributed by atoms with Crippen LogP contribution in [0.5, 0.6) is 11.5 Å². The molecule has 2 fully saturated rings. The van der Waals surface area contributed by atoms with E-state index in [4.69, 9.17) is 9.47 Å². The van der Waals surface area contributed by atoms with Gasteiger partial charge in [-0.3, -0.25) is 24.1 Å². The molecule has 2 aromatic rings. The molecule has 2 heterocycles. The van der Waals surface area contributed by atoms with E-state index in [0.717, 1.165) is 35.1 Å². The third-order valence-corrected chi connectivity index (χ3v) is 6.68. The summed E-state index contributed by atoms with van der Waals surface area (Å²) in [5, 5.41) is 2.31. The summed E-state index contributed by atoms with van der Waals surface area (Å²) in [5.41, 5.74) is 2.32. The highest BCUT2D eigenvalue weighted by atomic mass is 32.2. The molecule has 0 spiro atoms. The van der Waals surface area contributed by atoms with E-state index in [1.54, 1.807) is 35.2 Å². The summed E-state index contributed by atoms with van der Waals surface area (Å²) in [6.07, 6.45) is 3.45. The summed E-state index contributed by atoms with van der Waals surface area (Å²) >= 11 is 0.798. The molecule has 4 amide bonds. The van der Waals surface area contributed by atoms with Gasteiger partial charge in [0.1, 0.15) is 6.54 Å². The number of likely N-dealkylation sites (tertiary alicyclic amines) is 1. The number of rotatable bonds is 8. The number of amides is 4. The molecule has 0 saturated carbocycles. The van der Waals surface area contributed by atoms with E-state index in [1.807, 2.05) is 25.1 Å². The Morgan fingerprint density at radius 2 is 1.86 bits per heavy atom. The predicted molar refractivity (Wildman–Crippen MR) is 137 cm³/mol. The number of hydrogen-bond acceptors (Lipinski definition) is 7. The van der Waals surface area contributed by atoms with Crippen LogP contribution >= 0.6 is 11.8 Å². The fourth-order valence-corrected chi connectivity index (χ4v) is 4.78. The Labute approximate surface area is 213 Å². The summed E-state index contributed by atoms with van der Waals surface area (Å²) in [7, 11) is 1.47. The lowest BCUT2D eigenvalue weighted by Gasteiger charge is -2.18. The molecule has 2 saturated heterocycles. The average Bonchev–Trinajstić information content (AvgIpc) is 3.48. The number of aryl methyl sites for hydroxylation is 1. The van der Waals surface area contributed by atoms with Gasteiger partial charge in [-0.1, -0.05) is 18.2 Å². The largest absolute Gasteiger partial charge is 0.493 e. The molecular formula is C26H27N3O6S. The number of ether oxygens (including phenoxy) is 2. The monoisotopic (exact) mass is 509 g/mol. The predicted octanol–water partition coefficient (Wildman–Crippen LogP) is 3.68. The molecule has 0 aliphatic carbocycles. The maximum atomic E-state index is 12.8. The zero-order chi connectivity index (χ0) is 25.7. The van der Waals surface area contributed by atoms with Crippen LogP contribution in [0, 0.1) is 6.92 Å². The lowest BCUT2D eigenvalue weighted by molar-refractivity contribution is -0.135. The van der Waals surface area contributed by atoms with Crippen LogP contribution in [-0.4, -0.2) is 66.1 Å². The first-order valence-corrected chi connectivity index (χ1v) is 12.4. The fourth-order valence-electron chi connectivity index (χ4n) is 3.95. The Morgan fingerprint density at radius 1 is 1.08 bits per heavy atom. The molecule has 0 radical (unpaired) electrons. The highest BCUT2D eigenvalue weighted by molar-refractivity contribution is 8.18.